The number of allylic oxidation sites excluding steroid dienone is 1. The standard InChI is InChI=1S/C26H29Cl2N5O2S/c1-6-12-33-24(22(15(2)3)30-25(35)19-11-10-18(27)13-20(19)28)31-32-26(33)36-14-21(34)29-23-16(4)8-7-9-17(23)5/h6-11,13,15,22H,1,12,14H2,2-5H3,(H,29,34)(H,30,35)/t22-/m0/s1. The Kier molecular flexibility index (Phi) is 9.59. The van der Waals surface area contributed by atoms with Gasteiger partial charge < -0.3 is 15.2 Å². The van der Waals surface area contributed by atoms with Crippen LogP contribution in [0.5, 0.6) is 0 Å². The maximum atomic E-state index is 13.0. The van der Waals surface area contributed by atoms with Gasteiger partial charge >= 0.3 is 0 Å². The molecule has 2 aromatic carbocycles. The molecule has 10 heteroatoms. The summed E-state index contributed by atoms with van der Waals surface area (Å²) >= 11 is 13.5. The fraction of sp³-hybridized carbons (Fsp3) is 0.308. The molecule has 0 bridgehead atoms. The first-order valence-corrected chi connectivity index (χ1v) is 13.1. The van der Waals surface area contributed by atoms with Crippen molar-refractivity contribution in [1.82, 2.24) is 20.1 Å². The molecule has 0 aliphatic carbocycles. The third-order valence-corrected chi connectivity index (χ3v) is 7.06. The zero-order valence-electron chi connectivity index (χ0n) is 20.6. The Morgan fingerprint density at radius 2 is 1.83 bits per heavy atom. The summed E-state index contributed by atoms with van der Waals surface area (Å²) < 4.78 is 1.86. The summed E-state index contributed by atoms with van der Waals surface area (Å²) in [4.78, 5) is 25.7. The quantitative estimate of drug-likeness (QED) is 0.232. The number of hydrogen-bond donors (Lipinski definition) is 2. The number of amides is 2. The second-order valence-electron chi connectivity index (χ2n) is 8.66. The fourth-order valence-electron chi connectivity index (χ4n) is 3.68. The SMILES string of the molecule is C=CCn1c(SCC(=O)Nc2c(C)cccc2C)nnc1[C@@H](NC(=O)c1ccc(Cl)cc1Cl)C(C)C. The molecule has 7 nitrogen and oxygen atoms in total. The van der Waals surface area contributed by atoms with E-state index in [4.69, 9.17) is 23.2 Å². The van der Waals surface area contributed by atoms with Crippen molar-refractivity contribution in [2.75, 3.05) is 11.1 Å². The lowest BCUT2D eigenvalue weighted by Crippen LogP contribution is -2.34. The number of hydrogen-bond acceptors (Lipinski definition) is 5. The second-order valence-corrected chi connectivity index (χ2v) is 10.4. The van der Waals surface area contributed by atoms with Gasteiger partial charge in [-0.1, -0.05) is 73.1 Å². The van der Waals surface area contributed by atoms with Crippen LogP contribution in [0.4, 0.5) is 5.69 Å². The third-order valence-electron chi connectivity index (χ3n) is 5.54. The van der Waals surface area contributed by atoms with E-state index >= 15 is 0 Å². The van der Waals surface area contributed by atoms with Crippen LogP contribution in [-0.2, 0) is 11.3 Å². The van der Waals surface area contributed by atoms with E-state index in [1.807, 2.05) is 50.5 Å². The van der Waals surface area contributed by atoms with Crippen molar-refractivity contribution in [2.45, 2.75) is 45.4 Å². The van der Waals surface area contributed by atoms with Crippen LogP contribution in [0.25, 0.3) is 0 Å². The van der Waals surface area contributed by atoms with Crippen LogP contribution >= 0.6 is 35.0 Å². The first-order chi connectivity index (χ1) is 17.1. The Morgan fingerprint density at radius 1 is 1.14 bits per heavy atom. The topological polar surface area (TPSA) is 88.9 Å². The molecule has 1 heterocycles. The summed E-state index contributed by atoms with van der Waals surface area (Å²) in [6, 6.07) is 10.2. The number of rotatable bonds is 10. The molecule has 2 N–H and O–H groups in total. The first-order valence-electron chi connectivity index (χ1n) is 11.4. The fourth-order valence-corrected chi connectivity index (χ4v) is 4.93. The van der Waals surface area contributed by atoms with Crippen LogP contribution in [-0.4, -0.2) is 32.3 Å². The molecule has 0 fully saturated rings. The average molecular weight is 547 g/mol. The minimum absolute atomic E-state index is 0.00188. The average Bonchev–Trinajstić information content (AvgIpc) is 3.20. The molecule has 0 saturated heterocycles. The van der Waals surface area contributed by atoms with Crippen molar-refractivity contribution in [1.29, 1.82) is 0 Å². The van der Waals surface area contributed by atoms with E-state index < -0.39 is 6.04 Å². The van der Waals surface area contributed by atoms with E-state index in [1.165, 1.54) is 17.8 Å². The lowest BCUT2D eigenvalue weighted by molar-refractivity contribution is -0.113. The van der Waals surface area contributed by atoms with Gasteiger partial charge in [-0.25, -0.2) is 0 Å². The first kappa shape index (κ1) is 27.8. The van der Waals surface area contributed by atoms with E-state index in [2.05, 4.69) is 27.4 Å². The Hall–Kier alpha value is -2.81. The lowest BCUT2D eigenvalue weighted by Gasteiger charge is -2.23. The van der Waals surface area contributed by atoms with Crippen LogP contribution in [0, 0.1) is 19.8 Å². The Balaban J connectivity index is 1.79. The van der Waals surface area contributed by atoms with Gasteiger partial charge in [0.2, 0.25) is 5.91 Å². The van der Waals surface area contributed by atoms with Gasteiger partial charge in [-0.2, -0.15) is 0 Å². The van der Waals surface area contributed by atoms with Crippen molar-refractivity contribution >= 4 is 52.5 Å². The highest BCUT2D eigenvalue weighted by atomic mass is 35.5. The Morgan fingerprint density at radius 3 is 2.44 bits per heavy atom. The van der Waals surface area contributed by atoms with E-state index in [-0.39, 0.29) is 28.5 Å². The zero-order chi connectivity index (χ0) is 26.4. The molecular weight excluding hydrogens is 517 g/mol. The van der Waals surface area contributed by atoms with Gasteiger partial charge in [0.25, 0.3) is 5.91 Å². The van der Waals surface area contributed by atoms with Crippen molar-refractivity contribution in [3.05, 3.63) is 81.6 Å². The van der Waals surface area contributed by atoms with Gasteiger partial charge in [0.05, 0.1) is 22.4 Å². The molecule has 0 radical (unpaired) electrons. The minimum Gasteiger partial charge on any atom is -0.342 e. The van der Waals surface area contributed by atoms with Gasteiger partial charge in [0, 0.05) is 17.3 Å². The largest absolute Gasteiger partial charge is 0.342 e. The molecule has 0 aliphatic heterocycles. The number of thioether (sulfide) groups is 1. The summed E-state index contributed by atoms with van der Waals surface area (Å²) in [5, 5.41) is 16.0. The molecule has 1 atom stereocenters. The van der Waals surface area contributed by atoms with Crippen molar-refractivity contribution in [3.63, 3.8) is 0 Å². The number of aromatic nitrogens is 3. The molecule has 0 unspecified atom stereocenters. The van der Waals surface area contributed by atoms with Crippen LogP contribution in [0.3, 0.4) is 0 Å². The van der Waals surface area contributed by atoms with Crippen molar-refractivity contribution in [3.8, 4) is 0 Å². The number of nitrogens with zero attached hydrogens (tertiary/aromatic N) is 3. The number of nitrogens with one attached hydrogen (secondary N) is 2. The molecule has 2 amide bonds. The maximum Gasteiger partial charge on any atom is 0.253 e. The molecule has 0 aliphatic rings. The molecule has 1 aromatic heterocycles. The molecule has 3 rings (SSSR count). The molecule has 0 saturated carbocycles. The van der Waals surface area contributed by atoms with Gasteiger partial charge in [-0.05, 0) is 49.1 Å². The highest BCUT2D eigenvalue weighted by Gasteiger charge is 2.27. The number of halogens is 2. The minimum atomic E-state index is -0.450. The van der Waals surface area contributed by atoms with Crippen LogP contribution in [0.15, 0.2) is 54.2 Å². The zero-order valence-corrected chi connectivity index (χ0v) is 23.0. The second kappa shape index (κ2) is 12.4. The molecular formula is C26H29Cl2N5O2S. The summed E-state index contributed by atoms with van der Waals surface area (Å²) in [5.74, 6) is 0.241. The lowest BCUT2D eigenvalue weighted by atomic mass is 10.0. The predicted octanol–water partition coefficient (Wildman–Crippen LogP) is 6.25. The van der Waals surface area contributed by atoms with Gasteiger partial charge in [0.15, 0.2) is 11.0 Å². The van der Waals surface area contributed by atoms with E-state index in [0.717, 1.165) is 16.8 Å². The normalized spacial score (nSPS) is 11.9. The summed E-state index contributed by atoms with van der Waals surface area (Å²) in [6.45, 7) is 12.1. The number of anilines is 1. The number of benzene rings is 2. The van der Waals surface area contributed by atoms with Gasteiger partial charge in [-0.15, -0.1) is 16.8 Å². The van der Waals surface area contributed by atoms with Crippen LogP contribution in [0.2, 0.25) is 10.0 Å². The molecule has 3 aromatic rings. The van der Waals surface area contributed by atoms with Crippen LogP contribution < -0.4 is 10.6 Å². The number of aryl methyl sites for hydroxylation is 2. The van der Waals surface area contributed by atoms with E-state index in [0.29, 0.717) is 28.1 Å². The maximum absolute atomic E-state index is 13.0. The van der Waals surface area contributed by atoms with Crippen molar-refractivity contribution < 1.29 is 9.59 Å². The smallest absolute Gasteiger partial charge is 0.253 e. The number of para-hydroxylation sites is 1. The Bertz CT molecular complexity index is 1250. The molecule has 190 valence electrons. The van der Waals surface area contributed by atoms with E-state index in [1.54, 1.807) is 18.2 Å². The summed E-state index contributed by atoms with van der Waals surface area (Å²) in [6.07, 6.45) is 1.73. The van der Waals surface area contributed by atoms with Crippen LogP contribution in [0.1, 0.15) is 47.2 Å². The highest BCUT2D eigenvalue weighted by molar-refractivity contribution is 7.99. The summed E-state index contributed by atoms with van der Waals surface area (Å²) in [5.41, 5.74) is 3.14. The monoisotopic (exact) mass is 545 g/mol. The third kappa shape index (κ3) is 6.69. The number of carbonyl (C=O) groups excluding carboxylic acids is 2. The van der Waals surface area contributed by atoms with Crippen molar-refractivity contribution in [2.24, 2.45) is 5.92 Å². The highest BCUT2D eigenvalue weighted by Crippen LogP contribution is 2.28. The van der Waals surface area contributed by atoms with E-state index in [9.17, 15) is 9.59 Å². The van der Waals surface area contributed by atoms with Gasteiger partial charge in [-0.3, -0.25) is 9.59 Å². The Labute approximate surface area is 225 Å². The summed E-state index contributed by atoms with van der Waals surface area (Å²) in [7, 11) is 0. The predicted molar refractivity (Wildman–Crippen MR) is 147 cm³/mol. The van der Waals surface area contributed by atoms with Gasteiger partial charge in [0.1, 0.15) is 0 Å². The number of carbonyl (C=O) groups is 2. The molecule has 36 heavy (non-hydrogen) atoms. The molecule has 0 spiro atoms.